The van der Waals surface area contributed by atoms with Crippen LogP contribution in [0.4, 0.5) is 13.2 Å². The first-order valence-corrected chi connectivity index (χ1v) is 16.5. The number of aliphatic imine (C=N–C) groups is 1. The van der Waals surface area contributed by atoms with Crippen LogP contribution < -0.4 is 10.1 Å². The summed E-state index contributed by atoms with van der Waals surface area (Å²) in [4.78, 5) is 32.3. The fraction of sp³-hybridized carbons (Fsp3) is 0.452. The fourth-order valence-electron chi connectivity index (χ4n) is 5.93. The van der Waals surface area contributed by atoms with Gasteiger partial charge < -0.3 is 20.1 Å². The van der Waals surface area contributed by atoms with Gasteiger partial charge in [-0.05, 0) is 99.6 Å². The summed E-state index contributed by atoms with van der Waals surface area (Å²) in [5.74, 6) is -1.20. The molecule has 0 aliphatic carbocycles. The smallest absolute Gasteiger partial charge is 0.404 e. The maximum atomic E-state index is 13.3. The molecular weight excluding hydrogens is 649 g/mol. The monoisotopic (exact) mass is 682 g/mol. The fourth-order valence-corrected chi connectivity index (χ4v) is 7.26. The number of nitrogens with zero attached hydrogens (tertiary/aromatic N) is 3. The highest BCUT2D eigenvalue weighted by Crippen LogP contribution is 2.35. The summed E-state index contributed by atoms with van der Waals surface area (Å²) in [6.07, 6.45) is -2.35. The van der Waals surface area contributed by atoms with E-state index in [1.807, 2.05) is 0 Å². The molecular formula is C31H34ClF3N4O6S. The van der Waals surface area contributed by atoms with Gasteiger partial charge in [0.05, 0.1) is 10.6 Å². The van der Waals surface area contributed by atoms with Crippen LogP contribution in [0.2, 0.25) is 5.02 Å². The van der Waals surface area contributed by atoms with E-state index >= 15 is 0 Å². The van der Waals surface area contributed by atoms with Crippen molar-refractivity contribution in [1.82, 2.24) is 14.5 Å². The van der Waals surface area contributed by atoms with E-state index in [2.05, 4.69) is 15.0 Å². The standard InChI is InChI=1S/C31H34ClF3N4O6S/c1-19-16-22(27(40)38-11-7-29(3,42)8-12-38)17-20(2)23(19)6-15-46(43,44)39-13-9-30(10-14-39)28(41)36-26(37-30)21-4-5-24(32)25(18-21)45-31(33,34)35/h4-6,15-18,42H,7-14H2,1-3H3,(H,36,37,41). The summed E-state index contributed by atoms with van der Waals surface area (Å²) in [5, 5.41) is 13.6. The van der Waals surface area contributed by atoms with Gasteiger partial charge >= 0.3 is 6.36 Å². The van der Waals surface area contributed by atoms with Crippen molar-refractivity contribution in [2.24, 2.45) is 4.99 Å². The van der Waals surface area contributed by atoms with Gasteiger partial charge in [-0.1, -0.05) is 11.6 Å². The molecule has 0 atom stereocenters. The molecule has 0 radical (unpaired) electrons. The number of hydrogen-bond acceptors (Lipinski definition) is 7. The number of benzene rings is 2. The van der Waals surface area contributed by atoms with Crippen LogP contribution in [0.3, 0.4) is 0 Å². The number of halogens is 4. The molecule has 2 fully saturated rings. The van der Waals surface area contributed by atoms with Gasteiger partial charge in [0.15, 0.2) is 0 Å². The lowest BCUT2D eigenvalue weighted by Gasteiger charge is -2.36. The Morgan fingerprint density at radius 1 is 1.07 bits per heavy atom. The summed E-state index contributed by atoms with van der Waals surface area (Å²) >= 11 is 5.83. The third-order valence-electron chi connectivity index (χ3n) is 8.70. The second kappa shape index (κ2) is 12.3. The van der Waals surface area contributed by atoms with E-state index < -0.39 is 39.2 Å². The normalized spacial score (nSPS) is 20.2. The zero-order valence-electron chi connectivity index (χ0n) is 25.4. The molecule has 3 aliphatic heterocycles. The summed E-state index contributed by atoms with van der Waals surface area (Å²) < 4.78 is 70.1. The number of rotatable bonds is 6. The molecule has 3 aliphatic rings. The van der Waals surface area contributed by atoms with Crippen LogP contribution in [-0.2, 0) is 14.8 Å². The largest absolute Gasteiger partial charge is 0.573 e. The second-order valence-corrected chi connectivity index (χ2v) is 14.4. The number of ether oxygens (including phenoxy) is 1. The molecule has 2 amide bonds. The van der Waals surface area contributed by atoms with Gasteiger partial charge in [-0.2, -0.15) is 4.31 Å². The zero-order valence-corrected chi connectivity index (χ0v) is 27.0. The molecule has 248 valence electrons. The lowest BCUT2D eigenvalue weighted by Crippen LogP contribution is -2.50. The van der Waals surface area contributed by atoms with E-state index in [1.165, 1.54) is 22.5 Å². The number of likely N-dealkylation sites (tertiary alicyclic amines) is 1. The van der Waals surface area contributed by atoms with Crippen LogP contribution in [0.1, 0.15) is 65.2 Å². The lowest BCUT2D eigenvalue weighted by atomic mass is 9.89. The number of carbonyl (C=O) groups is 2. The quantitative estimate of drug-likeness (QED) is 0.460. The SMILES string of the molecule is Cc1cc(C(=O)N2CCC(C)(O)CC2)cc(C)c1C=CS(=O)(=O)N1CCC2(CC1)N=C(c1ccc(Cl)c(OC(F)(F)F)c1)NC2=O. The molecule has 2 saturated heterocycles. The lowest BCUT2D eigenvalue weighted by molar-refractivity contribution is -0.274. The van der Waals surface area contributed by atoms with Crippen molar-refractivity contribution in [3.8, 4) is 5.75 Å². The van der Waals surface area contributed by atoms with Crippen molar-refractivity contribution in [1.29, 1.82) is 0 Å². The van der Waals surface area contributed by atoms with E-state index in [-0.39, 0.29) is 48.3 Å². The van der Waals surface area contributed by atoms with Gasteiger partial charge in [0.1, 0.15) is 17.1 Å². The first-order chi connectivity index (χ1) is 21.4. The van der Waals surface area contributed by atoms with Crippen molar-refractivity contribution in [2.75, 3.05) is 26.2 Å². The summed E-state index contributed by atoms with van der Waals surface area (Å²) in [5.41, 5.74) is 0.729. The van der Waals surface area contributed by atoms with Crippen molar-refractivity contribution in [3.05, 3.63) is 68.6 Å². The molecule has 15 heteroatoms. The highest BCUT2D eigenvalue weighted by molar-refractivity contribution is 7.92. The summed E-state index contributed by atoms with van der Waals surface area (Å²) in [6, 6.07) is 7.09. The average molecular weight is 683 g/mol. The number of aryl methyl sites for hydroxylation is 2. The molecule has 0 unspecified atom stereocenters. The minimum absolute atomic E-state index is 0.00590. The summed E-state index contributed by atoms with van der Waals surface area (Å²) in [6.45, 7) is 6.25. The predicted octanol–water partition coefficient (Wildman–Crippen LogP) is 4.55. The Labute approximate surface area is 269 Å². The number of piperidine rings is 2. The van der Waals surface area contributed by atoms with Gasteiger partial charge in [-0.3, -0.25) is 14.6 Å². The predicted molar refractivity (Wildman–Crippen MR) is 166 cm³/mol. The minimum Gasteiger partial charge on any atom is -0.404 e. The van der Waals surface area contributed by atoms with Crippen LogP contribution >= 0.6 is 11.6 Å². The molecule has 2 aromatic rings. The van der Waals surface area contributed by atoms with Crippen molar-refractivity contribution >= 4 is 45.4 Å². The Hall–Kier alpha value is -3.46. The number of amides is 2. The Morgan fingerprint density at radius 3 is 2.26 bits per heavy atom. The number of aliphatic hydroxyl groups is 1. The third kappa shape index (κ3) is 7.24. The van der Waals surface area contributed by atoms with Crippen LogP contribution in [-0.4, -0.2) is 84.1 Å². The second-order valence-electron chi connectivity index (χ2n) is 12.2. The maximum absolute atomic E-state index is 13.3. The number of hydrogen-bond donors (Lipinski definition) is 2. The van der Waals surface area contributed by atoms with Crippen molar-refractivity contribution in [2.45, 2.75) is 64.0 Å². The van der Waals surface area contributed by atoms with Gasteiger partial charge in [0.2, 0.25) is 10.0 Å². The molecule has 2 N–H and O–H groups in total. The molecule has 0 bridgehead atoms. The molecule has 5 rings (SSSR count). The van der Waals surface area contributed by atoms with E-state index in [0.29, 0.717) is 37.1 Å². The number of sulfonamides is 1. The molecule has 10 nitrogen and oxygen atoms in total. The van der Waals surface area contributed by atoms with E-state index in [9.17, 15) is 36.3 Å². The van der Waals surface area contributed by atoms with Crippen LogP contribution in [0.15, 0.2) is 40.7 Å². The zero-order chi connectivity index (χ0) is 33.7. The van der Waals surface area contributed by atoms with Crippen LogP contribution in [0.25, 0.3) is 6.08 Å². The molecule has 2 aromatic carbocycles. The first kappa shape index (κ1) is 33.9. The molecule has 0 saturated carbocycles. The topological polar surface area (TPSA) is 129 Å². The molecule has 1 spiro atoms. The third-order valence-corrected chi connectivity index (χ3v) is 10.6. The van der Waals surface area contributed by atoms with Gasteiger partial charge in [-0.25, -0.2) is 8.42 Å². The van der Waals surface area contributed by atoms with Gasteiger partial charge in [0, 0.05) is 42.7 Å². The van der Waals surface area contributed by atoms with Gasteiger partial charge in [-0.15, -0.1) is 13.2 Å². The minimum atomic E-state index is -4.96. The molecule has 46 heavy (non-hydrogen) atoms. The number of carbonyl (C=O) groups excluding carboxylic acids is 2. The number of alkyl halides is 3. The van der Waals surface area contributed by atoms with Crippen LogP contribution in [0, 0.1) is 13.8 Å². The van der Waals surface area contributed by atoms with E-state index in [4.69, 9.17) is 11.6 Å². The molecule has 3 heterocycles. The van der Waals surface area contributed by atoms with E-state index in [1.54, 1.807) is 37.8 Å². The highest BCUT2D eigenvalue weighted by Gasteiger charge is 2.47. The Morgan fingerprint density at radius 2 is 1.67 bits per heavy atom. The first-order valence-electron chi connectivity index (χ1n) is 14.7. The Bertz CT molecular complexity index is 1700. The Kier molecular flexibility index (Phi) is 9.05. The van der Waals surface area contributed by atoms with Crippen molar-refractivity contribution < 1.29 is 41.0 Å². The molecule has 0 aromatic heterocycles. The highest BCUT2D eigenvalue weighted by atomic mass is 35.5. The van der Waals surface area contributed by atoms with Crippen LogP contribution in [0.5, 0.6) is 5.75 Å². The Balaban J connectivity index is 1.26. The summed E-state index contributed by atoms with van der Waals surface area (Å²) in [7, 11) is -3.89. The van der Waals surface area contributed by atoms with Crippen molar-refractivity contribution in [3.63, 3.8) is 0 Å². The number of amidine groups is 1. The number of nitrogens with one attached hydrogen (secondary N) is 1. The van der Waals surface area contributed by atoms with Gasteiger partial charge in [0.25, 0.3) is 11.8 Å². The van der Waals surface area contributed by atoms with E-state index in [0.717, 1.165) is 22.6 Å². The maximum Gasteiger partial charge on any atom is 0.573 e. The average Bonchev–Trinajstić information content (AvgIpc) is 3.27.